The number of anilines is 1. The molecule has 0 aliphatic carbocycles. The Morgan fingerprint density at radius 2 is 1.61 bits per heavy atom. The van der Waals surface area contributed by atoms with Crippen molar-refractivity contribution >= 4 is 27.5 Å². The maximum atomic E-state index is 13.7. The van der Waals surface area contributed by atoms with E-state index in [1.807, 2.05) is 58.0 Å². The number of hydrogen-bond acceptors (Lipinski definition) is 5. The van der Waals surface area contributed by atoms with Gasteiger partial charge in [0.05, 0.1) is 18.6 Å². The van der Waals surface area contributed by atoms with Crippen molar-refractivity contribution in [1.29, 1.82) is 0 Å². The Balaban J connectivity index is 2.43. The Kier molecular flexibility index (Phi) is 10.3. The minimum Gasteiger partial charge on any atom is -0.492 e. The minimum atomic E-state index is -3.83. The summed E-state index contributed by atoms with van der Waals surface area (Å²) >= 11 is 0. The zero-order valence-electron chi connectivity index (χ0n) is 22.2. The van der Waals surface area contributed by atoms with Crippen molar-refractivity contribution in [3.8, 4) is 5.75 Å². The molecule has 0 unspecified atom stereocenters. The molecule has 2 aromatic carbocycles. The zero-order chi connectivity index (χ0) is 26.9. The second-order valence-corrected chi connectivity index (χ2v) is 11.6. The Morgan fingerprint density at radius 3 is 2.17 bits per heavy atom. The van der Waals surface area contributed by atoms with Crippen LogP contribution in [0.15, 0.2) is 54.6 Å². The van der Waals surface area contributed by atoms with Crippen LogP contribution in [0.2, 0.25) is 0 Å². The van der Waals surface area contributed by atoms with Crippen molar-refractivity contribution in [2.75, 3.05) is 30.3 Å². The van der Waals surface area contributed by atoms with Gasteiger partial charge in [-0.25, -0.2) is 8.42 Å². The van der Waals surface area contributed by atoms with Gasteiger partial charge in [0.15, 0.2) is 0 Å². The number of nitrogens with one attached hydrogen (secondary N) is 1. The first-order valence-electron chi connectivity index (χ1n) is 12.2. The van der Waals surface area contributed by atoms with Crippen molar-refractivity contribution in [2.45, 2.75) is 59.0 Å². The van der Waals surface area contributed by atoms with Gasteiger partial charge in [0, 0.05) is 12.1 Å². The first-order chi connectivity index (χ1) is 16.9. The van der Waals surface area contributed by atoms with Crippen LogP contribution in [-0.2, 0) is 26.0 Å². The summed E-state index contributed by atoms with van der Waals surface area (Å²) in [6.45, 7) is 9.45. The fraction of sp³-hybridized carbons (Fsp3) is 0.481. The molecule has 0 heterocycles. The molecule has 0 saturated carbocycles. The molecule has 2 amide bonds. The predicted octanol–water partition coefficient (Wildman–Crippen LogP) is 3.62. The monoisotopic (exact) mass is 517 g/mol. The highest BCUT2D eigenvalue weighted by atomic mass is 32.2. The summed E-state index contributed by atoms with van der Waals surface area (Å²) < 4.78 is 32.3. The van der Waals surface area contributed by atoms with Crippen molar-refractivity contribution < 1.29 is 22.7 Å². The molecular weight excluding hydrogens is 478 g/mol. The van der Waals surface area contributed by atoms with Crippen molar-refractivity contribution in [3.05, 3.63) is 60.2 Å². The summed E-state index contributed by atoms with van der Waals surface area (Å²) in [6, 6.07) is 15.6. The first-order valence-corrected chi connectivity index (χ1v) is 14.1. The van der Waals surface area contributed by atoms with Gasteiger partial charge in [-0.3, -0.25) is 13.9 Å². The summed E-state index contributed by atoms with van der Waals surface area (Å²) in [5.74, 6) is -0.364. The van der Waals surface area contributed by atoms with E-state index in [0.29, 0.717) is 25.2 Å². The SMILES string of the molecule is CCOc1ccccc1N(CC(=O)N(CCc1ccccc1)[C@H](CC)C(=O)NC(C)(C)C)S(C)(=O)=O. The third kappa shape index (κ3) is 8.55. The fourth-order valence-electron chi connectivity index (χ4n) is 3.88. The Morgan fingerprint density at radius 1 is 1.00 bits per heavy atom. The number of amides is 2. The zero-order valence-corrected chi connectivity index (χ0v) is 23.0. The second kappa shape index (κ2) is 12.8. The van der Waals surface area contributed by atoms with Gasteiger partial charge in [0.25, 0.3) is 0 Å². The van der Waals surface area contributed by atoms with Crippen LogP contribution in [-0.4, -0.2) is 62.7 Å². The van der Waals surface area contributed by atoms with Gasteiger partial charge in [-0.1, -0.05) is 49.4 Å². The van der Waals surface area contributed by atoms with E-state index in [0.717, 1.165) is 16.1 Å². The molecule has 0 radical (unpaired) electrons. The Hall–Kier alpha value is -3.07. The molecule has 0 aliphatic rings. The lowest BCUT2D eigenvalue weighted by Crippen LogP contribution is -2.56. The van der Waals surface area contributed by atoms with E-state index in [9.17, 15) is 18.0 Å². The van der Waals surface area contributed by atoms with Crippen LogP contribution in [0.1, 0.15) is 46.6 Å². The number of sulfonamides is 1. The number of ether oxygens (including phenoxy) is 1. The largest absolute Gasteiger partial charge is 0.492 e. The smallest absolute Gasteiger partial charge is 0.244 e. The molecule has 0 bridgehead atoms. The van der Waals surface area contributed by atoms with Crippen LogP contribution in [0, 0.1) is 0 Å². The predicted molar refractivity (Wildman–Crippen MR) is 144 cm³/mol. The van der Waals surface area contributed by atoms with Crippen molar-refractivity contribution in [3.63, 3.8) is 0 Å². The Bertz CT molecular complexity index is 1110. The third-order valence-corrected chi connectivity index (χ3v) is 6.61. The maximum absolute atomic E-state index is 13.7. The van der Waals surface area contributed by atoms with Gasteiger partial charge in [-0.2, -0.15) is 0 Å². The van der Waals surface area contributed by atoms with Gasteiger partial charge in [0.2, 0.25) is 21.8 Å². The fourth-order valence-corrected chi connectivity index (χ4v) is 4.74. The standard InChI is InChI=1S/C27H39N3O5S/c1-7-22(26(32)28-27(3,4)5)29(19-18-21-14-10-9-11-15-21)25(31)20-30(36(6,33)34)23-16-12-13-17-24(23)35-8-2/h9-17,22H,7-8,18-20H2,1-6H3,(H,28,32)/t22-/m1/s1. The molecule has 1 atom stereocenters. The molecule has 0 aromatic heterocycles. The van der Waals surface area contributed by atoms with E-state index in [1.165, 1.54) is 4.90 Å². The van der Waals surface area contributed by atoms with Crippen LogP contribution in [0.25, 0.3) is 0 Å². The maximum Gasteiger partial charge on any atom is 0.244 e. The third-order valence-electron chi connectivity index (χ3n) is 5.48. The van der Waals surface area contributed by atoms with Crippen LogP contribution in [0.5, 0.6) is 5.75 Å². The molecule has 0 spiro atoms. The van der Waals surface area contributed by atoms with Crippen molar-refractivity contribution in [2.24, 2.45) is 0 Å². The number of para-hydroxylation sites is 2. The molecule has 36 heavy (non-hydrogen) atoms. The molecule has 2 rings (SSSR count). The lowest BCUT2D eigenvalue weighted by molar-refractivity contribution is -0.140. The summed E-state index contributed by atoms with van der Waals surface area (Å²) in [5, 5.41) is 2.96. The summed E-state index contributed by atoms with van der Waals surface area (Å²) in [4.78, 5) is 28.4. The first kappa shape index (κ1) is 29.2. The second-order valence-electron chi connectivity index (χ2n) is 9.66. The molecule has 0 fully saturated rings. The van der Waals surface area contributed by atoms with Gasteiger partial charge in [-0.05, 0) is 58.2 Å². The molecule has 2 aromatic rings. The molecule has 0 saturated heterocycles. The van der Waals surface area contributed by atoms with Crippen LogP contribution < -0.4 is 14.4 Å². The molecule has 1 N–H and O–H groups in total. The van der Waals surface area contributed by atoms with Gasteiger partial charge < -0.3 is 15.0 Å². The van der Waals surface area contributed by atoms with Gasteiger partial charge in [0.1, 0.15) is 18.3 Å². The van der Waals surface area contributed by atoms with E-state index < -0.39 is 34.1 Å². The molecule has 9 heteroatoms. The number of nitrogens with zero attached hydrogens (tertiary/aromatic N) is 2. The molecule has 198 valence electrons. The van der Waals surface area contributed by atoms with Crippen LogP contribution in [0.3, 0.4) is 0 Å². The number of rotatable bonds is 12. The number of carbonyl (C=O) groups excluding carboxylic acids is 2. The minimum absolute atomic E-state index is 0.267. The highest BCUT2D eigenvalue weighted by Crippen LogP contribution is 2.30. The summed E-state index contributed by atoms with van der Waals surface area (Å²) in [6.07, 6.45) is 1.97. The summed E-state index contributed by atoms with van der Waals surface area (Å²) in [7, 11) is -3.83. The topological polar surface area (TPSA) is 96.0 Å². The van der Waals surface area contributed by atoms with E-state index in [1.54, 1.807) is 31.2 Å². The van der Waals surface area contributed by atoms with Gasteiger partial charge >= 0.3 is 0 Å². The van der Waals surface area contributed by atoms with Crippen molar-refractivity contribution in [1.82, 2.24) is 10.2 Å². The molecule has 0 aliphatic heterocycles. The quantitative estimate of drug-likeness (QED) is 0.464. The van der Waals surface area contributed by atoms with E-state index >= 15 is 0 Å². The van der Waals surface area contributed by atoms with Gasteiger partial charge in [-0.15, -0.1) is 0 Å². The highest BCUT2D eigenvalue weighted by molar-refractivity contribution is 7.92. The average molecular weight is 518 g/mol. The normalized spacial score (nSPS) is 12.5. The number of benzene rings is 2. The average Bonchev–Trinajstić information content (AvgIpc) is 2.79. The molecule has 8 nitrogen and oxygen atoms in total. The number of carbonyl (C=O) groups is 2. The van der Waals surface area contributed by atoms with E-state index in [4.69, 9.17) is 4.74 Å². The lowest BCUT2D eigenvalue weighted by atomic mass is 10.1. The molecular formula is C27H39N3O5S. The van der Waals surface area contributed by atoms with E-state index in [2.05, 4.69) is 5.32 Å². The van der Waals surface area contributed by atoms with Crippen LogP contribution in [0.4, 0.5) is 5.69 Å². The van der Waals surface area contributed by atoms with E-state index in [-0.39, 0.29) is 18.1 Å². The highest BCUT2D eigenvalue weighted by Gasteiger charge is 2.33. The number of hydrogen-bond donors (Lipinski definition) is 1. The summed E-state index contributed by atoms with van der Waals surface area (Å²) in [5.41, 5.74) is 0.821. The van der Waals surface area contributed by atoms with Crippen LogP contribution >= 0.6 is 0 Å². The lowest BCUT2D eigenvalue weighted by Gasteiger charge is -2.34. The Labute approximate surface area is 215 Å².